The Labute approximate surface area is 210 Å². The summed E-state index contributed by atoms with van der Waals surface area (Å²) in [6.07, 6.45) is 7.53. The van der Waals surface area contributed by atoms with Gasteiger partial charge in [-0.1, -0.05) is 74.4 Å². The van der Waals surface area contributed by atoms with Crippen LogP contribution in [0.5, 0.6) is 5.75 Å². The molecule has 1 N–H and O–H groups in total. The minimum Gasteiger partial charge on any atom is -0.481 e. The van der Waals surface area contributed by atoms with Crippen LogP contribution in [0.2, 0.25) is 0 Å². The molecule has 0 aliphatic carbocycles. The molecule has 1 aliphatic rings. The van der Waals surface area contributed by atoms with Crippen LogP contribution in [-0.2, 0) is 0 Å². The zero-order valence-electron chi connectivity index (χ0n) is 20.2. The van der Waals surface area contributed by atoms with E-state index in [1.54, 1.807) is 0 Å². The van der Waals surface area contributed by atoms with Gasteiger partial charge < -0.3 is 10.1 Å². The molecule has 4 nitrogen and oxygen atoms in total. The van der Waals surface area contributed by atoms with E-state index >= 15 is 0 Å². The van der Waals surface area contributed by atoms with Crippen molar-refractivity contribution in [3.63, 3.8) is 0 Å². The second-order valence-corrected chi connectivity index (χ2v) is 9.28. The van der Waals surface area contributed by atoms with E-state index in [2.05, 4.69) is 91.8 Å². The molecule has 0 spiro atoms. The molecular weight excluding hydrogens is 442 g/mol. The average molecular weight is 468 g/mol. The highest BCUT2D eigenvalue weighted by Gasteiger charge is 2.19. The van der Waals surface area contributed by atoms with E-state index in [0.29, 0.717) is 17.5 Å². The van der Waals surface area contributed by atoms with Crippen molar-refractivity contribution in [1.29, 1.82) is 0 Å². The van der Waals surface area contributed by atoms with E-state index in [0.717, 1.165) is 39.1 Å². The van der Waals surface area contributed by atoms with Crippen molar-refractivity contribution in [2.75, 3.05) is 11.9 Å². The third kappa shape index (κ3) is 3.85. The van der Waals surface area contributed by atoms with E-state index in [1.807, 2.05) is 18.2 Å². The highest BCUT2D eigenvalue weighted by Crippen LogP contribution is 2.37. The highest BCUT2D eigenvalue weighted by molar-refractivity contribution is 6.09. The molecule has 4 heteroatoms. The molecule has 0 unspecified atom stereocenters. The summed E-state index contributed by atoms with van der Waals surface area (Å²) in [5.74, 6) is 4.33. The first-order valence-electron chi connectivity index (χ1n) is 12.1. The van der Waals surface area contributed by atoms with Crippen LogP contribution in [0.25, 0.3) is 44.7 Å². The fourth-order valence-corrected chi connectivity index (χ4v) is 4.74. The molecule has 0 amide bonds. The number of aromatic nitrogens is 2. The van der Waals surface area contributed by atoms with Crippen molar-refractivity contribution in [2.24, 2.45) is 0 Å². The first-order valence-corrected chi connectivity index (χ1v) is 12.1. The van der Waals surface area contributed by atoms with Gasteiger partial charge in [-0.2, -0.15) is 0 Å². The van der Waals surface area contributed by atoms with Crippen LogP contribution >= 0.6 is 0 Å². The molecule has 5 aromatic rings. The molecule has 0 bridgehead atoms. The van der Waals surface area contributed by atoms with Crippen LogP contribution in [0, 0.1) is 12.3 Å². The topological polar surface area (TPSA) is 47.0 Å². The van der Waals surface area contributed by atoms with Gasteiger partial charge in [0.15, 0.2) is 5.82 Å². The van der Waals surface area contributed by atoms with Crippen molar-refractivity contribution in [1.82, 2.24) is 9.97 Å². The van der Waals surface area contributed by atoms with Crippen LogP contribution in [0.4, 0.5) is 5.69 Å². The lowest BCUT2D eigenvalue weighted by Crippen LogP contribution is -2.08. The molecule has 0 saturated heterocycles. The molecular formula is C32H25N3O. The van der Waals surface area contributed by atoms with Gasteiger partial charge in [-0.25, -0.2) is 9.97 Å². The summed E-state index contributed by atoms with van der Waals surface area (Å²) in [5.41, 5.74) is 7.10. The van der Waals surface area contributed by atoms with Crippen molar-refractivity contribution in [3.8, 4) is 29.4 Å². The van der Waals surface area contributed by atoms with Crippen molar-refractivity contribution < 1.29 is 4.74 Å². The smallest absolute Gasteiger partial charge is 0.177 e. The van der Waals surface area contributed by atoms with Crippen molar-refractivity contribution in [2.45, 2.75) is 19.8 Å². The number of nitrogens with one attached hydrogen (secondary N) is 1. The maximum atomic E-state index is 5.71. The summed E-state index contributed by atoms with van der Waals surface area (Å²) in [7, 11) is 0. The van der Waals surface area contributed by atoms with Crippen molar-refractivity contribution >= 4 is 39.1 Å². The largest absolute Gasteiger partial charge is 0.481 e. The maximum Gasteiger partial charge on any atom is 0.177 e. The number of hydrogen-bond acceptors (Lipinski definition) is 4. The molecule has 36 heavy (non-hydrogen) atoms. The molecule has 0 atom stereocenters. The Balaban J connectivity index is 1.53. The summed E-state index contributed by atoms with van der Waals surface area (Å²) in [6, 6.07) is 27.1. The lowest BCUT2D eigenvalue weighted by molar-refractivity contribution is 0.371. The number of rotatable bonds is 5. The second kappa shape index (κ2) is 8.87. The summed E-state index contributed by atoms with van der Waals surface area (Å²) in [4.78, 5) is 10.0. The Bertz CT molecular complexity index is 1690. The molecule has 174 valence electrons. The first kappa shape index (κ1) is 21.9. The lowest BCUT2D eigenvalue weighted by atomic mass is 9.98. The number of benzene rings is 4. The van der Waals surface area contributed by atoms with E-state index < -0.39 is 0 Å². The molecule has 0 saturated carbocycles. The molecule has 6 rings (SSSR count). The molecule has 0 fully saturated rings. The average Bonchev–Trinajstić information content (AvgIpc) is 2.91. The summed E-state index contributed by atoms with van der Waals surface area (Å²) in [6.45, 7) is 4.61. The van der Waals surface area contributed by atoms with Crippen LogP contribution in [0.15, 0.2) is 78.9 Å². The molecule has 0 radical (unpaired) electrons. The standard InChI is InChI=1S/C32H25N3O/c1-4-17-36-25-15-16-27-26(19-25)31(23-13-11-21(12-14-23)20(2)3)35-32(34-27)29-18-24-9-5-7-22-8-6-10-28(33-29)30(22)24/h1,5-16,18-20,33H,17H2,2-3H3. The van der Waals surface area contributed by atoms with Crippen LogP contribution in [-0.4, -0.2) is 16.6 Å². The van der Waals surface area contributed by atoms with Gasteiger partial charge in [0.1, 0.15) is 12.4 Å². The van der Waals surface area contributed by atoms with E-state index in [4.69, 9.17) is 21.1 Å². The minimum atomic E-state index is 0.213. The quantitative estimate of drug-likeness (QED) is 0.272. The Morgan fingerprint density at radius 2 is 1.75 bits per heavy atom. The van der Waals surface area contributed by atoms with Gasteiger partial charge in [-0.15, -0.1) is 6.42 Å². The SMILES string of the molecule is C#CCOc1ccc2nc(C3=Cc4cccc5cccc(c45)N3)nc(-c3ccc(C(C)C)cc3)c2c1. The van der Waals surface area contributed by atoms with Gasteiger partial charge in [0, 0.05) is 22.0 Å². The highest BCUT2D eigenvalue weighted by atomic mass is 16.5. The number of nitrogens with zero attached hydrogens (tertiary/aromatic N) is 2. The Morgan fingerprint density at radius 1 is 0.944 bits per heavy atom. The first-order chi connectivity index (χ1) is 17.6. The summed E-state index contributed by atoms with van der Waals surface area (Å²) < 4.78 is 5.71. The molecule has 4 aromatic carbocycles. The fourth-order valence-electron chi connectivity index (χ4n) is 4.74. The zero-order chi connectivity index (χ0) is 24.6. The van der Waals surface area contributed by atoms with Gasteiger partial charge in [-0.05, 0) is 52.8 Å². The van der Waals surface area contributed by atoms with Gasteiger partial charge in [-0.3, -0.25) is 0 Å². The van der Waals surface area contributed by atoms with Crippen LogP contribution in [0.1, 0.15) is 36.7 Å². The molecule has 2 heterocycles. The van der Waals surface area contributed by atoms with Gasteiger partial charge in [0.25, 0.3) is 0 Å². The predicted molar refractivity (Wildman–Crippen MR) is 149 cm³/mol. The Kier molecular flexibility index (Phi) is 5.39. The van der Waals surface area contributed by atoms with Gasteiger partial charge in [0.05, 0.1) is 16.9 Å². The zero-order valence-corrected chi connectivity index (χ0v) is 20.2. The van der Waals surface area contributed by atoms with Gasteiger partial charge in [0.2, 0.25) is 0 Å². The Hall–Kier alpha value is -4.62. The number of fused-ring (bicyclic) bond motifs is 1. The van der Waals surface area contributed by atoms with E-state index in [-0.39, 0.29) is 6.61 Å². The number of ether oxygens (including phenoxy) is 1. The predicted octanol–water partition coefficient (Wildman–Crippen LogP) is 7.51. The fraction of sp³-hybridized carbons (Fsp3) is 0.125. The molecule has 1 aliphatic heterocycles. The lowest BCUT2D eigenvalue weighted by Gasteiger charge is -2.20. The van der Waals surface area contributed by atoms with Crippen LogP contribution < -0.4 is 10.1 Å². The minimum absolute atomic E-state index is 0.213. The maximum absolute atomic E-state index is 5.71. The second-order valence-electron chi connectivity index (χ2n) is 9.28. The normalized spacial score (nSPS) is 12.3. The molecule has 1 aromatic heterocycles. The summed E-state index contributed by atoms with van der Waals surface area (Å²) in [5, 5.41) is 6.91. The van der Waals surface area contributed by atoms with Crippen molar-refractivity contribution in [3.05, 3.63) is 95.8 Å². The number of hydrogen-bond donors (Lipinski definition) is 1. The monoisotopic (exact) mass is 467 g/mol. The third-order valence-electron chi connectivity index (χ3n) is 6.59. The van der Waals surface area contributed by atoms with E-state index in [9.17, 15) is 0 Å². The number of anilines is 1. The van der Waals surface area contributed by atoms with Gasteiger partial charge >= 0.3 is 0 Å². The summed E-state index contributed by atoms with van der Waals surface area (Å²) >= 11 is 0. The number of terminal acetylenes is 1. The van der Waals surface area contributed by atoms with Crippen LogP contribution in [0.3, 0.4) is 0 Å². The Morgan fingerprint density at radius 3 is 2.53 bits per heavy atom. The van der Waals surface area contributed by atoms with E-state index in [1.165, 1.54) is 16.3 Å². The third-order valence-corrected chi connectivity index (χ3v) is 6.59.